The molecule has 4 rings (SSSR count). The fraction of sp³-hybridized carbons (Fsp3) is 0.263. The predicted octanol–water partition coefficient (Wildman–Crippen LogP) is 2.82. The van der Waals surface area contributed by atoms with Crippen LogP contribution >= 0.6 is 0 Å². The quantitative estimate of drug-likeness (QED) is 0.845. The van der Waals surface area contributed by atoms with Crippen molar-refractivity contribution in [2.75, 3.05) is 23.1 Å². The normalized spacial score (nSPS) is 15.6. The lowest BCUT2D eigenvalue weighted by Crippen LogP contribution is -2.50. The minimum absolute atomic E-state index is 0.0163. The van der Waals surface area contributed by atoms with Gasteiger partial charge in [-0.3, -0.25) is 14.5 Å². The zero-order valence-electron chi connectivity index (χ0n) is 14.1. The van der Waals surface area contributed by atoms with Crippen LogP contribution in [0.1, 0.15) is 24.2 Å². The van der Waals surface area contributed by atoms with Crippen molar-refractivity contribution in [3.63, 3.8) is 0 Å². The van der Waals surface area contributed by atoms with Gasteiger partial charge < -0.3 is 14.4 Å². The van der Waals surface area contributed by atoms with E-state index in [4.69, 9.17) is 9.47 Å². The van der Waals surface area contributed by atoms with Crippen LogP contribution in [0.3, 0.4) is 0 Å². The molecule has 2 aromatic rings. The SMILES string of the molecule is CC(C)N1C(=O)CN(C(=O)c2ccc3c(c2)OCO3)c2ccccc21. The molecule has 2 aliphatic heterocycles. The monoisotopic (exact) mass is 338 g/mol. The molecule has 0 aliphatic carbocycles. The van der Waals surface area contributed by atoms with Crippen LogP contribution in [-0.4, -0.2) is 31.2 Å². The zero-order valence-corrected chi connectivity index (χ0v) is 14.1. The summed E-state index contributed by atoms with van der Waals surface area (Å²) in [7, 11) is 0. The Morgan fingerprint density at radius 1 is 1.04 bits per heavy atom. The van der Waals surface area contributed by atoms with Crippen molar-refractivity contribution in [1.29, 1.82) is 0 Å². The van der Waals surface area contributed by atoms with Gasteiger partial charge in [-0.1, -0.05) is 12.1 Å². The van der Waals surface area contributed by atoms with E-state index in [-0.39, 0.29) is 31.2 Å². The van der Waals surface area contributed by atoms with E-state index in [1.54, 1.807) is 23.1 Å². The highest BCUT2D eigenvalue weighted by Crippen LogP contribution is 2.37. The molecule has 0 N–H and O–H groups in total. The highest BCUT2D eigenvalue weighted by Gasteiger charge is 2.34. The van der Waals surface area contributed by atoms with E-state index in [1.807, 2.05) is 38.1 Å². The first-order valence-electron chi connectivity index (χ1n) is 8.19. The second kappa shape index (κ2) is 5.81. The van der Waals surface area contributed by atoms with Crippen LogP contribution in [0.2, 0.25) is 0 Å². The van der Waals surface area contributed by atoms with Crippen LogP contribution in [0.5, 0.6) is 11.5 Å². The maximum Gasteiger partial charge on any atom is 0.258 e. The van der Waals surface area contributed by atoms with E-state index in [2.05, 4.69) is 0 Å². The van der Waals surface area contributed by atoms with Crippen LogP contribution in [-0.2, 0) is 4.79 Å². The Kier molecular flexibility index (Phi) is 3.60. The molecule has 0 fully saturated rings. The third kappa shape index (κ3) is 2.50. The Labute approximate surface area is 145 Å². The summed E-state index contributed by atoms with van der Waals surface area (Å²) in [6.07, 6.45) is 0. The lowest BCUT2D eigenvalue weighted by molar-refractivity contribution is -0.117. The van der Waals surface area contributed by atoms with Crippen molar-refractivity contribution in [3.05, 3.63) is 48.0 Å². The van der Waals surface area contributed by atoms with Gasteiger partial charge in [0.1, 0.15) is 6.54 Å². The van der Waals surface area contributed by atoms with Crippen molar-refractivity contribution in [2.45, 2.75) is 19.9 Å². The Morgan fingerprint density at radius 3 is 2.52 bits per heavy atom. The first kappa shape index (κ1) is 15.5. The summed E-state index contributed by atoms with van der Waals surface area (Å²) in [5.41, 5.74) is 1.95. The molecule has 0 unspecified atom stereocenters. The van der Waals surface area contributed by atoms with Crippen LogP contribution in [0, 0.1) is 0 Å². The maximum atomic E-state index is 13.0. The fourth-order valence-electron chi connectivity index (χ4n) is 3.26. The first-order valence-corrected chi connectivity index (χ1v) is 8.19. The Morgan fingerprint density at radius 2 is 1.76 bits per heavy atom. The van der Waals surface area contributed by atoms with Crippen molar-refractivity contribution < 1.29 is 19.1 Å². The smallest absolute Gasteiger partial charge is 0.258 e. The number of hydrogen-bond acceptors (Lipinski definition) is 4. The van der Waals surface area contributed by atoms with E-state index in [9.17, 15) is 9.59 Å². The number of fused-ring (bicyclic) bond motifs is 2. The van der Waals surface area contributed by atoms with E-state index in [0.717, 1.165) is 11.4 Å². The molecule has 6 heteroatoms. The second-order valence-electron chi connectivity index (χ2n) is 6.31. The molecular weight excluding hydrogens is 320 g/mol. The van der Waals surface area contributed by atoms with Gasteiger partial charge in [-0.05, 0) is 44.2 Å². The molecule has 0 atom stereocenters. The van der Waals surface area contributed by atoms with Gasteiger partial charge in [0.15, 0.2) is 11.5 Å². The molecule has 0 radical (unpaired) electrons. The molecule has 0 saturated heterocycles. The average molecular weight is 338 g/mol. The number of ether oxygens (including phenoxy) is 2. The third-order valence-electron chi connectivity index (χ3n) is 4.38. The predicted molar refractivity (Wildman–Crippen MR) is 93.3 cm³/mol. The van der Waals surface area contributed by atoms with Gasteiger partial charge in [0.25, 0.3) is 5.91 Å². The Balaban J connectivity index is 1.74. The van der Waals surface area contributed by atoms with Gasteiger partial charge >= 0.3 is 0 Å². The van der Waals surface area contributed by atoms with Gasteiger partial charge in [0, 0.05) is 11.6 Å². The summed E-state index contributed by atoms with van der Waals surface area (Å²) in [6.45, 7) is 4.10. The van der Waals surface area contributed by atoms with Gasteiger partial charge in [-0.15, -0.1) is 0 Å². The number of rotatable bonds is 2. The van der Waals surface area contributed by atoms with E-state index >= 15 is 0 Å². The second-order valence-corrected chi connectivity index (χ2v) is 6.31. The fourth-order valence-corrected chi connectivity index (χ4v) is 3.26. The molecule has 2 amide bonds. The topological polar surface area (TPSA) is 59.1 Å². The number of hydrogen-bond donors (Lipinski definition) is 0. The summed E-state index contributed by atoms with van der Waals surface area (Å²) in [4.78, 5) is 28.9. The third-order valence-corrected chi connectivity index (χ3v) is 4.38. The van der Waals surface area contributed by atoms with E-state index in [0.29, 0.717) is 17.1 Å². The molecule has 0 saturated carbocycles. The summed E-state index contributed by atoms with van der Waals surface area (Å²) in [5.74, 6) is 0.842. The van der Waals surface area contributed by atoms with Gasteiger partial charge in [-0.25, -0.2) is 0 Å². The van der Waals surface area contributed by atoms with Gasteiger partial charge in [-0.2, -0.15) is 0 Å². The van der Waals surface area contributed by atoms with Crippen LogP contribution < -0.4 is 19.3 Å². The van der Waals surface area contributed by atoms with Crippen molar-refractivity contribution >= 4 is 23.2 Å². The Bertz CT molecular complexity index is 862. The number of benzene rings is 2. The number of nitrogens with zero attached hydrogens (tertiary/aromatic N) is 2. The molecule has 0 spiro atoms. The van der Waals surface area contributed by atoms with Gasteiger partial charge in [0.2, 0.25) is 12.7 Å². The zero-order chi connectivity index (χ0) is 17.6. The Hall–Kier alpha value is -3.02. The van der Waals surface area contributed by atoms with Crippen molar-refractivity contribution in [1.82, 2.24) is 0 Å². The standard InChI is InChI=1S/C19H18N2O4/c1-12(2)21-15-6-4-3-5-14(15)20(10-18(21)22)19(23)13-7-8-16-17(9-13)25-11-24-16/h3-9,12H,10-11H2,1-2H3. The molecule has 2 aliphatic rings. The minimum atomic E-state index is -0.234. The summed E-state index contributed by atoms with van der Waals surface area (Å²) in [5, 5.41) is 0. The van der Waals surface area contributed by atoms with Crippen molar-refractivity contribution in [3.8, 4) is 11.5 Å². The summed E-state index contributed by atoms with van der Waals surface area (Å²) in [6, 6.07) is 12.6. The first-order chi connectivity index (χ1) is 12.1. The molecule has 0 aromatic heterocycles. The number of para-hydroxylation sites is 2. The van der Waals surface area contributed by atoms with Crippen LogP contribution in [0.15, 0.2) is 42.5 Å². The highest BCUT2D eigenvalue weighted by atomic mass is 16.7. The number of amides is 2. The summed E-state index contributed by atoms with van der Waals surface area (Å²) >= 11 is 0. The average Bonchev–Trinajstić information content (AvgIpc) is 3.07. The van der Waals surface area contributed by atoms with Crippen LogP contribution in [0.25, 0.3) is 0 Å². The number of carbonyl (C=O) groups excluding carboxylic acids is 2. The number of anilines is 2. The molecule has 25 heavy (non-hydrogen) atoms. The molecule has 128 valence electrons. The van der Waals surface area contributed by atoms with Crippen LogP contribution in [0.4, 0.5) is 11.4 Å². The molecule has 2 heterocycles. The lowest BCUT2D eigenvalue weighted by Gasteiger charge is -2.38. The largest absolute Gasteiger partial charge is 0.454 e. The molecule has 6 nitrogen and oxygen atoms in total. The van der Waals surface area contributed by atoms with E-state index in [1.165, 1.54) is 4.90 Å². The van der Waals surface area contributed by atoms with E-state index < -0.39 is 0 Å². The highest BCUT2D eigenvalue weighted by molar-refractivity contribution is 6.16. The maximum absolute atomic E-state index is 13.0. The minimum Gasteiger partial charge on any atom is -0.454 e. The number of carbonyl (C=O) groups is 2. The lowest BCUT2D eigenvalue weighted by atomic mass is 10.1. The van der Waals surface area contributed by atoms with Crippen molar-refractivity contribution in [2.24, 2.45) is 0 Å². The summed E-state index contributed by atoms with van der Waals surface area (Å²) < 4.78 is 10.6. The molecule has 0 bridgehead atoms. The molecular formula is C19H18N2O4. The van der Waals surface area contributed by atoms with Gasteiger partial charge in [0.05, 0.1) is 11.4 Å². The molecule has 2 aromatic carbocycles.